The van der Waals surface area contributed by atoms with Crippen molar-refractivity contribution in [2.75, 3.05) is 18.4 Å². The summed E-state index contributed by atoms with van der Waals surface area (Å²) >= 11 is 0. The van der Waals surface area contributed by atoms with Gasteiger partial charge in [0.2, 0.25) is 5.91 Å². The standard InChI is InChI=1S/C20H21FN2O2/c1-3-23(4-2)20(25)16-9-12-17(13-10-16)22-19(24)14-11-15-7-5-6-8-18(15)21/h5-14H,3-4H2,1-2H3,(H,22,24)/b14-11+. The third kappa shape index (κ3) is 5.01. The maximum absolute atomic E-state index is 13.5. The summed E-state index contributed by atoms with van der Waals surface area (Å²) in [5, 5.41) is 2.68. The van der Waals surface area contributed by atoms with E-state index in [2.05, 4.69) is 5.32 Å². The zero-order valence-electron chi connectivity index (χ0n) is 14.3. The lowest BCUT2D eigenvalue weighted by Gasteiger charge is -2.18. The van der Waals surface area contributed by atoms with Gasteiger partial charge in [-0.15, -0.1) is 0 Å². The van der Waals surface area contributed by atoms with Crippen LogP contribution in [-0.2, 0) is 4.79 Å². The SMILES string of the molecule is CCN(CC)C(=O)c1ccc(NC(=O)/C=C/c2ccccc2F)cc1. The molecule has 4 nitrogen and oxygen atoms in total. The second-order valence-electron chi connectivity index (χ2n) is 5.40. The molecular weight excluding hydrogens is 319 g/mol. The van der Waals surface area contributed by atoms with E-state index in [1.165, 1.54) is 18.2 Å². The molecule has 0 saturated heterocycles. The molecular formula is C20H21FN2O2. The van der Waals surface area contributed by atoms with Crippen LogP contribution in [0.5, 0.6) is 0 Å². The third-order valence-corrected chi connectivity index (χ3v) is 3.77. The van der Waals surface area contributed by atoms with E-state index in [9.17, 15) is 14.0 Å². The first-order valence-electron chi connectivity index (χ1n) is 8.18. The van der Waals surface area contributed by atoms with Gasteiger partial charge in [-0.1, -0.05) is 18.2 Å². The van der Waals surface area contributed by atoms with Gasteiger partial charge in [-0.25, -0.2) is 4.39 Å². The Balaban J connectivity index is 2.00. The Bertz CT molecular complexity index is 766. The summed E-state index contributed by atoms with van der Waals surface area (Å²) in [7, 11) is 0. The minimum atomic E-state index is -0.384. The maximum Gasteiger partial charge on any atom is 0.253 e. The molecule has 0 aromatic heterocycles. The Hall–Kier alpha value is -2.95. The molecule has 0 saturated carbocycles. The quantitative estimate of drug-likeness (QED) is 0.809. The van der Waals surface area contributed by atoms with Crippen molar-refractivity contribution in [3.05, 3.63) is 71.6 Å². The predicted octanol–water partition coefficient (Wildman–Crippen LogP) is 3.96. The van der Waals surface area contributed by atoms with Crippen LogP contribution in [0.15, 0.2) is 54.6 Å². The van der Waals surface area contributed by atoms with Crippen molar-refractivity contribution >= 4 is 23.6 Å². The van der Waals surface area contributed by atoms with E-state index in [4.69, 9.17) is 0 Å². The van der Waals surface area contributed by atoms with Crippen molar-refractivity contribution in [3.63, 3.8) is 0 Å². The van der Waals surface area contributed by atoms with Gasteiger partial charge in [0.25, 0.3) is 5.91 Å². The van der Waals surface area contributed by atoms with Gasteiger partial charge in [0.05, 0.1) is 0 Å². The van der Waals surface area contributed by atoms with Crippen molar-refractivity contribution in [3.8, 4) is 0 Å². The molecule has 25 heavy (non-hydrogen) atoms. The summed E-state index contributed by atoms with van der Waals surface area (Å²) < 4.78 is 13.5. The van der Waals surface area contributed by atoms with E-state index >= 15 is 0 Å². The fourth-order valence-corrected chi connectivity index (χ4v) is 2.35. The van der Waals surface area contributed by atoms with Crippen LogP contribution in [0, 0.1) is 5.82 Å². The molecule has 0 aliphatic carbocycles. The lowest BCUT2D eigenvalue weighted by atomic mass is 10.1. The van der Waals surface area contributed by atoms with E-state index in [0.29, 0.717) is 29.9 Å². The van der Waals surface area contributed by atoms with Crippen molar-refractivity contribution in [2.24, 2.45) is 0 Å². The van der Waals surface area contributed by atoms with E-state index in [-0.39, 0.29) is 17.6 Å². The molecule has 0 bridgehead atoms. The van der Waals surface area contributed by atoms with Gasteiger partial charge in [0, 0.05) is 36.0 Å². The number of hydrogen-bond donors (Lipinski definition) is 1. The molecule has 130 valence electrons. The van der Waals surface area contributed by atoms with Gasteiger partial charge in [0.15, 0.2) is 0 Å². The van der Waals surface area contributed by atoms with Crippen LogP contribution >= 0.6 is 0 Å². The summed E-state index contributed by atoms with van der Waals surface area (Å²) in [6.45, 7) is 5.15. The Kier molecular flexibility index (Phi) is 6.46. The summed E-state index contributed by atoms with van der Waals surface area (Å²) in [4.78, 5) is 25.9. The lowest BCUT2D eigenvalue weighted by molar-refractivity contribution is -0.111. The summed E-state index contributed by atoms with van der Waals surface area (Å²) in [5.74, 6) is -0.792. The van der Waals surface area contributed by atoms with Crippen LogP contribution < -0.4 is 5.32 Å². The van der Waals surface area contributed by atoms with Crippen LogP contribution in [0.3, 0.4) is 0 Å². The number of benzene rings is 2. The molecule has 5 heteroatoms. The number of anilines is 1. The number of nitrogens with zero attached hydrogens (tertiary/aromatic N) is 1. The van der Waals surface area contributed by atoms with E-state index < -0.39 is 0 Å². The Morgan fingerprint density at radius 2 is 1.68 bits per heavy atom. The Labute approximate surface area is 147 Å². The van der Waals surface area contributed by atoms with E-state index in [1.54, 1.807) is 47.4 Å². The first kappa shape index (κ1) is 18.4. The average molecular weight is 340 g/mol. The highest BCUT2D eigenvalue weighted by Gasteiger charge is 2.12. The molecule has 0 fully saturated rings. The second kappa shape index (κ2) is 8.78. The highest BCUT2D eigenvalue weighted by Crippen LogP contribution is 2.13. The zero-order chi connectivity index (χ0) is 18.2. The normalized spacial score (nSPS) is 10.7. The summed E-state index contributed by atoms with van der Waals surface area (Å²) in [6.07, 6.45) is 2.69. The van der Waals surface area contributed by atoms with Crippen LogP contribution in [0.25, 0.3) is 6.08 Å². The van der Waals surface area contributed by atoms with Gasteiger partial charge in [-0.3, -0.25) is 9.59 Å². The minimum Gasteiger partial charge on any atom is -0.339 e. The Morgan fingerprint density at radius 1 is 1.04 bits per heavy atom. The number of rotatable bonds is 6. The van der Waals surface area contributed by atoms with Crippen molar-refractivity contribution < 1.29 is 14.0 Å². The topological polar surface area (TPSA) is 49.4 Å². The largest absolute Gasteiger partial charge is 0.339 e. The Morgan fingerprint density at radius 3 is 2.28 bits per heavy atom. The summed E-state index contributed by atoms with van der Waals surface area (Å²) in [6, 6.07) is 12.9. The van der Waals surface area contributed by atoms with Crippen LogP contribution in [0.2, 0.25) is 0 Å². The van der Waals surface area contributed by atoms with Gasteiger partial charge < -0.3 is 10.2 Å². The second-order valence-corrected chi connectivity index (χ2v) is 5.40. The van der Waals surface area contributed by atoms with Crippen LogP contribution in [0.4, 0.5) is 10.1 Å². The first-order valence-corrected chi connectivity index (χ1v) is 8.18. The first-order chi connectivity index (χ1) is 12.0. The highest BCUT2D eigenvalue weighted by atomic mass is 19.1. The molecule has 2 aromatic carbocycles. The average Bonchev–Trinajstić information content (AvgIpc) is 2.62. The minimum absolute atomic E-state index is 0.0395. The lowest BCUT2D eigenvalue weighted by Crippen LogP contribution is -2.30. The zero-order valence-corrected chi connectivity index (χ0v) is 14.3. The number of halogens is 1. The molecule has 2 amide bonds. The molecule has 0 spiro atoms. The van der Waals surface area contributed by atoms with Crippen molar-refractivity contribution in [1.82, 2.24) is 4.90 Å². The smallest absolute Gasteiger partial charge is 0.253 e. The summed E-state index contributed by atoms with van der Waals surface area (Å²) in [5.41, 5.74) is 1.49. The molecule has 1 N–H and O–H groups in total. The molecule has 0 radical (unpaired) electrons. The molecule has 0 aliphatic heterocycles. The molecule has 0 heterocycles. The van der Waals surface area contributed by atoms with E-state index in [1.807, 2.05) is 13.8 Å². The number of hydrogen-bond acceptors (Lipinski definition) is 2. The maximum atomic E-state index is 13.5. The number of carbonyl (C=O) groups is 2. The van der Waals surface area contributed by atoms with E-state index in [0.717, 1.165) is 0 Å². The predicted molar refractivity (Wildman–Crippen MR) is 97.8 cm³/mol. The third-order valence-electron chi connectivity index (χ3n) is 3.77. The van der Waals surface area contributed by atoms with Gasteiger partial charge in [0.1, 0.15) is 5.82 Å². The van der Waals surface area contributed by atoms with Crippen LogP contribution in [0.1, 0.15) is 29.8 Å². The van der Waals surface area contributed by atoms with Crippen molar-refractivity contribution in [2.45, 2.75) is 13.8 Å². The fraction of sp³-hybridized carbons (Fsp3) is 0.200. The molecule has 2 rings (SSSR count). The molecule has 0 atom stereocenters. The van der Waals surface area contributed by atoms with Gasteiger partial charge >= 0.3 is 0 Å². The van der Waals surface area contributed by atoms with Gasteiger partial charge in [-0.05, 0) is 50.3 Å². The highest BCUT2D eigenvalue weighted by molar-refractivity contribution is 6.02. The molecule has 0 aliphatic rings. The fourth-order valence-electron chi connectivity index (χ4n) is 2.35. The number of amides is 2. The monoisotopic (exact) mass is 340 g/mol. The number of carbonyl (C=O) groups excluding carboxylic acids is 2. The van der Waals surface area contributed by atoms with Crippen molar-refractivity contribution in [1.29, 1.82) is 0 Å². The van der Waals surface area contributed by atoms with Gasteiger partial charge in [-0.2, -0.15) is 0 Å². The molecule has 0 unspecified atom stereocenters. The van der Waals surface area contributed by atoms with Crippen LogP contribution in [-0.4, -0.2) is 29.8 Å². The molecule has 2 aromatic rings. The number of nitrogens with one attached hydrogen (secondary N) is 1.